The van der Waals surface area contributed by atoms with Gasteiger partial charge in [0.2, 0.25) is 0 Å². The van der Waals surface area contributed by atoms with Crippen molar-refractivity contribution in [2.45, 2.75) is 116 Å². The molecule has 0 aliphatic carbocycles. The van der Waals surface area contributed by atoms with Gasteiger partial charge in [0, 0.05) is 5.56 Å². The monoisotopic (exact) mass is 505 g/mol. The first-order valence-corrected chi connectivity index (χ1v) is 13.8. The first kappa shape index (κ1) is 31.5. The minimum absolute atomic E-state index is 0.251. The third-order valence-electron chi connectivity index (χ3n) is 6.29. The van der Waals surface area contributed by atoms with Crippen molar-refractivity contribution in [2.75, 3.05) is 6.61 Å². The van der Waals surface area contributed by atoms with E-state index in [2.05, 4.69) is 19.2 Å². The van der Waals surface area contributed by atoms with E-state index >= 15 is 0 Å². The molecular formula is C29H47NO6. The van der Waals surface area contributed by atoms with Gasteiger partial charge < -0.3 is 20.3 Å². The fourth-order valence-electron chi connectivity index (χ4n) is 4.11. The lowest BCUT2D eigenvalue weighted by molar-refractivity contribution is -0.145. The second kappa shape index (κ2) is 19.6. The van der Waals surface area contributed by atoms with Crippen molar-refractivity contribution >= 4 is 17.8 Å². The van der Waals surface area contributed by atoms with Crippen molar-refractivity contribution in [2.24, 2.45) is 5.92 Å². The van der Waals surface area contributed by atoms with Gasteiger partial charge in [0.05, 0.1) is 13.0 Å². The van der Waals surface area contributed by atoms with Gasteiger partial charge in [-0.25, -0.2) is 4.79 Å². The summed E-state index contributed by atoms with van der Waals surface area (Å²) in [5.74, 6) is -1.82. The van der Waals surface area contributed by atoms with E-state index in [0.717, 1.165) is 18.8 Å². The van der Waals surface area contributed by atoms with E-state index in [1.54, 1.807) is 12.1 Å². The molecule has 1 amide bonds. The molecule has 7 nitrogen and oxygen atoms in total. The Morgan fingerprint density at radius 1 is 0.750 bits per heavy atom. The fourth-order valence-corrected chi connectivity index (χ4v) is 4.11. The first-order valence-electron chi connectivity index (χ1n) is 13.8. The Balaban J connectivity index is 2.03. The van der Waals surface area contributed by atoms with Crippen LogP contribution in [-0.2, 0) is 9.59 Å². The molecule has 0 saturated heterocycles. The summed E-state index contributed by atoms with van der Waals surface area (Å²) in [5, 5.41) is 20.0. The molecule has 0 aromatic heterocycles. The predicted molar refractivity (Wildman–Crippen MR) is 143 cm³/mol. The van der Waals surface area contributed by atoms with Crippen molar-refractivity contribution in [3.63, 3.8) is 0 Å². The molecule has 0 aliphatic heterocycles. The number of aliphatic carboxylic acids is 2. The molecule has 0 saturated carbocycles. The molecule has 0 aliphatic rings. The number of nitrogens with one attached hydrogen (secondary N) is 1. The molecule has 0 heterocycles. The molecule has 0 spiro atoms. The van der Waals surface area contributed by atoms with Crippen LogP contribution in [0.1, 0.15) is 121 Å². The maximum atomic E-state index is 12.2. The highest BCUT2D eigenvalue weighted by atomic mass is 16.5. The minimum atomic E-state index is -1.47. The number of rotatable bonds is 22. The quantitative estimate of drug-likeness (QED) is 0.149. The topological polar surface area (TPSA) is 113 Å². The van der Waals surface area contributed by atoms with Crippen LogP contribution in [0.25, 0.3) is 0 Å². The average molecular weight is 506 g/mol. The number of ether oxygens (including phenoxy) is 1. The highest BCUT2D eigenvalue weighted by Crippen LogP contribution is 2.16. The molecule has 3 N–H and O–H groups in total. The van der Waals surface area contributed by atoms with Gasteiger partial charge in [0.15, 0.2) is 0 Å². The van der Waals surface area contributed by atoms with E-state index in [1.165, 1.54) is 89.2 Å². The van der Waals surface area contributed by atoms with Crippen molar-refractivity contribution in [1.29, 1.82) is 0 Å². The van der Waals surface area contributed by atoms with Crippen molar-refractivity contribution in [3.8, 4) is 5.75 Å². The Morgan fingerprint density at radius 3 is 1.67 bits per heavy atom. The summed E-state index contributed by atoms with van der Waals surface area (Å²) in [5.41, 5.74) is 0.251. The molecule has 1 unspecified atom stereocenters. The Labute approximate surface area is 217 Å². The van der Waals surface area contributed by atoms with Gasteiger partial charge in [-0.1, -0.05) is 97.3 Å². The zero-order valence-corrected chi connectivity index (χ0v) is 22.3. The van der Waals surface area contributed by atoms with Gasteiger partial charge in [0.25, 0.3) is 5.91 Å². The molecule has 204 valence electrons. The molecule has 1 aromatic rings. The summed E-state index contributed by atoms with van der Waals surface area (Å²) in [4.78, 5) is 34.0. The number of carbonyl (C=O) groups is 3. The number of carboxylic acids is 2. The second-order valence-corrected chi connectivity index (χ2v) is 10.1. The SMILES string of the molecule is CC(C)CCCCCCCCCCCCCCCOc1ccc(C(=O)NC(CC(=O)O)C(=O)O)cc1. The number of amides is 1. The summed E-state index contributed by atoms with van der Waals surface area (Å²) in [6.07, 6.45) is 17.7. The van der Waals surface area contributed by atoms with Crippen LogP contribution in [0.3, 0.4) is 0 Å². The summed E-state index contributed by atoms with van der Waals surface area (Å²) < 4.78 is 5.73. The number of carboxylic acid groups (broad SMARTS) is 2. The summed E-state index contributed by atoms with van der Waals surface area (Å²) >= 11 is 0. The van der Waals surface area contributed by atoms with Crippen LogP contribution < -0.4 is 10.1 Å². The molecule has 0 bridgehead atoms. The molecule has 36 heavy (non-hydrogen) atoms. The van der Waals surface area contributed by atoms with E-state index < -0.39 is 30.3 Å². The van der Waals surface area contributed by atoms with Gasteiger partial charge >= 0.3 is 11.9 Å². The Bertz CT molecular complexity index is 747. The molecule has 1 rings (SSSR count). The Morgan fingerprint density at radius 2 is 1.22 bits per heavy atom. The average Bonchev–Trinajstić information content (AvgIpc) is 2.83. The molecule has 0 fully saturated rings. The molecule has 7 heteroatoms. The second-order valence-electron chi connectivity index (χ2n) is 10.1. The fraction of sp³-hybridized carbons (Fsp3) is 0.690. The largest absolute Gasteiger partial charge is 0.494 e. The lowest BCUT2D eigenvalue weighted by Crippen LogP contribution is -2.42. The van der Waals surface area contributed by atoms with Crippen LogP contribution in [0.2, 0.25) is 0 Å². The molecule has 1 aromatic carbocycles. The summed E-state index contributed by atoms with van der Waals surface area (Å²) in [6, 6.07) is 4.93. The van der Waals surface area contributed by atoms with Gasteiger partial charge in [-0.05, 0) is 36.6 Å². The zero-order valence-electron chi connectivity index (χ0n) is 22.3. The first-order chi connectivity index (χ1) is 17.3. The third-order valence-corrected chi connectivity index (χ3v) is 6.29. The van der Waals surface area contributed by atoms with E-state index in [0.29, 0.717) is 12.4 Å². The molecular weight excluding hydrogens is 458 g/mol. The lowest BCUT2D eigenvalue weighted by atomic mass is 10.0. The normalized spacial score (nSPS) is 11.9. The van der Waals surface area contributed by atoms with Crippen LogP contribution in [0.4, 0.5) is 0 Å². The predicted octanol–water partition coefficient (Wildman–Crippen LogP) is 6.84. The molecule has 1 atom stereocenters. The number of unbranched alkanes of at least 4 members (excludes halogenated alkanes) is 12. The highest BCUT2D eigenvalue weighted by molar-refractivity contribution is 5.97. The summed E-state index contributed by atoms with van der Waals surface area (Å²) in [6.45, 7) is 5.22. The minimum Gasteiger partial charge on any atom is -0.494 e. The van der Waals surface area contributed by atoms with E-state index in [1.807, 2.05) is 0 Å². The van der Waals surface area contributed by atoms with E-state index in [-0.39, 0.29) is 5.56 Å². The van der Waals surface area contributed by atoms with Gasteiger partial charge in [0.1, 0.15) is 11.8 Å². The standard InChI is InChI=1S/C29H47NO6/c1-23(2)16-14-12-10-8-6-4-3-5-7-9-11-13-15-21-36-25-19-17-24(18-20-25)28(33)30-26(29(34)35)22-27(31)32/h17-20,23,26H,3-16,21-22H2,1-2H3,(H,30,33)(H,31,32)(H,34,35). The maximum Gasteiger partial charge on any atom is 0.326 e. The zero-order chi connectivity index (χ0) is 26.6. The lowest BCUT2D eigenvalue weighted by Gasteiger charge is -2.12. The highest BCUT2D eigenvalue weighted by Gasteiger charge is 2.23. The van der Waals surface area contributed by atoms with Gasteiger partial charge in [-0.3, -0.25) is 9.59 Å². The van der Waals surface area contributed by atoms with Crippen molar-refractivity contribution in [3.05, 3.63) is 29.8 Å². The van der Waals surface area contributed by atoms with Gasteiger partial charge in [-0.15, -0.1) is 0 Å². The van der Waals surface area contributed by atoms with Gasteiger partial charge in [-0.2, -0.15) is 0 Å². The number of carbonyl (C=O) groups excluding carboxylic acids is 1. The molecule has 0 radical (unpaired) electrons. The number of hydrogen-bond acceptors (Lipinski definition) is 4. The van der Waals surface area contributed by atoms with Crippen LogP contribution in [0.5, 0.6) is 5.75 Å². The number of hydrogen-bond donors (Lipinski definition) is 3. The van der Waals surface area contributed by atoms with Crippen LogP contribution in [0, 0.1) is 5.92 Å². The van der Waals surface area contributed by atoms with Crippen molar-refractivity contribution < 1.29 is 29.3 Å². The smallest absolute Gasteiger partial charge is 0.326 e. The van der Waals surface area contributed by atoms with Crippen LogP contribution in [0.15, 0.2) is 24.3 Å². The Hall–Kier alpha value is -2.57. The Kier molecular flexibility index (Phi) is 17.1. The number of benzene rings is 1. The van der Waals surface area contributed by atoms with Crippen LogP contribution in [-0.4, -0.2) is 40.7 Å². The third kappa shape index (κ3) is 16.2. The van der Waals surface area contributed by atoms with E-state index in [9.17, 15) is 14.4 Å². The summed E-state index contributed by atoms with van der Waals surface area (Å²) in [7, 11) is 0. The van der Waals surface area contributed by atoms with E-state index in [4.69, 9.17) is 14.9 Å². The van der Waals surface area contributed by atoms with Crippen molar-refractivity contribution in [1.82, 2.24) is 5.32 Å². The maximum absolute atomic E-state index is 12.2. The van der Waals surface area contributed by atoms with Crippen LogP contribution >= 0.6 is 0 Å².